The summed E-state index contributed by atoms with van der Waals surface area (Å²) in [5.74, 6) is -2.13. The quantitative estimate of drug-likeness (QED) is 0.834. The van der Waals surface area contributed by atoms with E-state index in [0.29, 0.717) is 5.69 Å². The van der Waals surface area contributed by atoms with E-state index in [1.165, 1.54) is 0 Å². The van der Waals surface area contributed by atoms with Crippen molar-refractivity contribution < 1.29 is 14.7 Å². The monoisotopic (exact) mass is 335 g/mol. The standard InChI is InChI=1S/C15H14BrNO3/c16-10-3-1-2-4-11(10)17-14(18)12-8-5-6-9(7-8)13(12)15(19)20/h1-6,8-9,12-13H,7H2,(H,17,18)(H,19,20)/t8-,9+,12+,13+/m0/s1. The van der Waals surface area contributed by atoms with Crippen LogP contribution >= 0.6 is 15.9 Å². The Kier molecular flexibility index (Phi) is 3.38. The smallest absolute Gasteiger partial charge is 0.307 e. The summed E-state index contributed by atoms with van der Waals surface area (Å²) in [6.45, 7) is 0. The molecule has 0 aromatic heterocycles. The van der Waals surface area contributed by atoms with E-state index >= 15 is 0 Å². The molecule has 2 aliphatic rings. The fourth-order valence-electron chi connectivity index (χ4n) is 3.29. The molecule has 1 amide bonds. The van der Waals surface area contributed by atoms with Crippen molar-refractivity contribution in [1.29, 1.82) is 0 Å². The Labute approximate surface area is 125 Å². The summed E-state index contributed by atoms with van der Waals surface area (Å²) < 4.78 is 0.791. The minimum absolute atomic E-state index is 0.00698. The molecule has 0 heterocycles. The number of carbonyl (C=O) groups is 2. The normalized spacial score (nSPS) is 30.4. The molecule has 2 aliphatic carbocycles. The van der Waals surface area contributed by atoms with E-state index in [1.807, 2.05) is 30.4 Å². The summed E-state index contributed by atoms with van der Waals surface area (Å²) in [6.07, 6.45) is 4.69. The highest BCUT2D eigenvalue weighted by atomic mass is 79.9. The Balaban J connectivity index is 1.82. The van der Waals surface area contributed by atoms with E-state index in [1.54, 1.807) is 6.07 Å². The van der Waals surface area contributed by atoms with Crippen LogP contribution < -0.4 is 5.32 Å². The van der Waals surface area contributed by atoms with Crippen LogP contribution in [0.15, 0.2) is 40.9 Å². The van der Waals surface area contributed by atoms with Crippen LogP contribution in [0, 0.1) is 23.7 Å². The first kappa shape index (κ1) is 13.4. The molecule has 4 nitrogen and oxygen atoms in total. The number of fused-ring (bicyclic) bond motifs is 2. The number of carboxylic acid groups (broad SMARTS) is 1. The van der Waals surface area contributed by atoms with Crippen molar-refractivity contribution in [2.75, 3.05) is 5.32 Å². The van der Waals surface area contributed by atoms with Gasteiger partial charge in [-0.25, -0.2) is 0 Å². The average Bonchev–Trinajstić information content (AvgIpc) is 3.01. The lowest BCUT2D eigenvalue weighted by molar-refractivity contribution is -0.146. The molecule has 0 spiro atoms. The van der Waals surface area contributed by atoms with Gasteiger partial charge in [-0.3, -0.25) is 9.59 Å². The lowest BCUT2D eigenvalue weighted by Gasteiger charge is -2.24. The zero-order valence-electron chi connectivity index (χ0n) is 10.6. The molecule has 1 fully saturated rings. The van der Waals surface area contributed by atoms with Gasteiger partial charge in [0, 0.05) is 4.47 Å². The molecule has 0 radical (unpaired) electrons. The molecule has 1 saturated carbocycles. The molecule has 3 rings (SSSR count). The molecule has 1 aromatic rings. The topological polar surface area (TPSA) is 66.4 Å². The number of anilines is 1. The second kappa shape index (κ2) is 5.05. The van der Waals surface area contributed by atoms with E-state index < -0.39 is 17.8 Å². The molecule has 20 heavy (non-hydrogen) atoms. The molecule has 5 heteroatoms. The van der Waals surface area contributed by atoms with E-state index in [9.17, 15) is 14.7 Å². The summed E-state index contributed by atoms with van der Waals surface area (Å²) in [4.78, 5) is 23.8. The third-order valence-electron chi connectivity index (χ3n) is 4.18. The SMILES string of the molecule is O=C(O)[C@H]1[C@H](C(=O)Nc2ccccc2Br)[C@H]2C=C[C@@H]1C2. The number of carbonyl (C=O) groups excluding carboxylic acids is 1. The summed E-state index contributed by atoms with van der Waals surface area (Å²) in [7, 11) is 0. The van der Waals surface area contributed by atoms with Crippen molar-refractivity contribution in [3.63, 3.8) is 0 Å². The van der Waals surface area contributed by atoms with Gasteiger partial charge in [-0.2, -0.15) is 0 Å². The molecule has 1 aromatic carbocycles. The Morgan fingerprint density at radius 3 is 2.45 bits per heavy atom. The lowest BCUT2D eigenvalue weighted by atomic mass is 9.82. The van der Waals surface area contributed by atoms with Gasteiger partial charge in [-0.15, -0.1) is 0 Å². The minimum atomic E-state index is -0.880. The molecule has 0 aliphatic heterocycles. The first-order valence-electron chi connectivity index (χ1n) is 6.54. The predicted octanol–water partition coefficient (Wildman–Crippen LogP) is 2.91. The van der Waals surface area contributed by atoms with Crippen LogP contribution in [0.25, 0.3) is 0 Å². The number of nitrogens with one attached hydrogen (secondary N) is 1. The van der Waals surface area contributed by atoms with Crippen LogP contribution in [0.3, 0.4) is 0 Å². The zero-order chi connectivity index (χ0) is 14.3. The highest BCUT2D eigenvalue weighted by molar-refractivity contribution is 9.10. The Morgan fingerprint density at radius 1 is 1.15 bits per heavy atom. The molecule has 0 unspecified atom stereocenters. The molecular weight excluding hydrogens is 322 g/mol. The van der Waals surface area contributed by atoms with Crippen LogP contribution in [-0.2, 0) is 9.59 Å². The van der Waals surface area contributed by atoms with Crippen LogP contribution in [0.4, 0.5) is 5.69 Å². The van der Waals surface area contributed by atoms with Gasteiger partial charge in [0.2, 0.25) is 5.91 Å². The fourth-order valence-corrected chi connectivity index (χ4v) is 3.68. The Hall–Kier alpha value is -1.62. The average molecular weight is 336 g/mol. The van der Waals surface area contributed by atoms with Gasteiger partial charge >= 0.3 is 5.97 Å². The van der Waals surface area contributed by atoms with Gasteiger partial charge in [0.1, 0.15) is 0 Å². The third kappa shape index (κ3) is 2.16. The highest BCUT2D eigenvalue weighted by Crippen LogP contribution is 2.48. The van der Waals surface area contributed by atoms with E-state index in [4.69, 9.17) is 0 Å². The van der Waals surface area contributed by atoms with Gasteiger partial charge in [0.25, 0.3) is 0 Å². The van der Waals surface area contributed by atoms with Crippen molar-refractivity contribution in [2.24, 2.45) is 23.7 Å². The first-order chi connectivity index (χ1) is 9.58. The second-order valence-corrected chi connectivity index (χ2v) is 6.16. The third-order valence-corrected chi connectivity index (χ3v) is 4.87. The van der Waals surface area contributed by atoms with Crippen LogP contribution in [0.2, 0.25) is 0 Å². The van der Waals surface area contributed by atoms with Gasteiger partial charge < -0.3 is 10.4 Å². The number of carboxylic acids is 1. The first-order valence-corrected chi connectivity index (χ1v) is 7.34. The highest BCUT2D eigenvalue weighted by Gasteiger charge is 2.51. The van der Waals surface area contributed by atoms with Crippen molar-refractivity contribution >= 4 is 33.5 Å². The number of halogens is 1. The Morgan fingerprint density at radius 2 is 1.80 bits per heavy atom. The van der Waals surface area contributed by atoms with Gasteiger partial charge in [-0.05, 0) is 46.3 Å². The maximum Gasteiger partial charge on any atom is 0.307 e. The number of aliphatic carboxylic acids is 1. The fraction of sp³-hybridized carbons (Fsp3) is 0.333. The maximum absolute atomic E-state index is 12.4. The van der Waals surface area contributed by atoms with E-state index in [-0.39, 0.29) is 17.7 Å². The number of hydrogen-bond donors (Lipinski definition) is 2. The predicted molar refractivity (Wildman–Crippen MR) is 78.1 cm³/mol. The minimum Gasteiger partial charge on any atom is -0.481 e. The summed E-state index contributed by atoms with van der Waals surface area (Å²) in [6, 6.07) is 7.32. The Bertz CT molecular complexity index is 599. The molecule has 4 atom stereocenters. The number of allylic oxidation sites excluding steroid dienone is 2. The number of hydrogen-bond acceptors (Lipinski definition) is 2. The molecule has 2 N–H and O–H groups in total. The van der Waals surface area contributed by atoms with Gasteiger partial charge in [-0.1, -0.05) is 24.3 Å². The van der Waals surface area contributed by atoms with E-state index in [2.05, 4.69) is 21.2 Å². The zero-order valence-corrected chi connectivity index (χ0v) is 12.2. The van der Waals surface area contributed by atoms with Crippen molar-refractivity contribution in [3.05, 3.63) is 40.9 Å². The van der Waals surface area contributed by atoms with Crippen molar-refractivity contribution in [2.45, 2.75) is 6.42 Å². The van der Waals surface area contributed by atoms with Crippen molar-refractivity contribution in [1.82, 2.24) is 0 Å². The van der Waals surface area contributed by atoms with E-state index in [0.717, 1.165) is 10.9 Å². The molecular formula is C15H14BrNO3. The van der Waals surface area contributed by atoms with Crippen LogP contribution in [0.1, 0.15) is 6.42 Å². The number of para-hydroxylation sites is 1. The molecule has 104 valence electrons. The van der Waals surface area contributed by atoms with Crippen LogP contribution in [-0.4, -0.2) is 17.0 Å². The summed E-state index contributed by atoms with van der Waals surface area (Å²) in [5, 5.41) is 12.2. The molecule has 0 saturated heterocycles. The van der Waals surface area contributed by atoms with Crippen molar-refractivity contribution in [3.8, 4) is 0 Å². The maximum atomic E-state index is 12.4. The van der Waals surface area contributed by atoms with Gasteiger partial charge in [0.15, 0.2) is 0 Å². The second-order valence-electron chi connectivity index (χ2n) is 5.31. The number of benzene rings is 1. The number of rotatable bonds is 3. The van der Waals surface area contributed by atoms with Gasteiger partial charge in [0.05, 0.1) is 17.5 Å². The lowest BCUT2D eigenvalue weighted by Crippen LogP contribution is -2.36. The summed E-state index contributed by atoms with van der Waals surface area (Å²) >= 11 is 3.37. The number of amides is 1. The summed E-state index contributed by atoms with van der Waals surface area (Å²) in [5.41, 5.74) is 0.674. The largest absolute Gasteiger partial charge is 0.481 e. The van der Waals surface area contributed by atoms with Crippen LogP contribution in [0.5, 0.6) is 0 Å². The molecule has 2 bridgehead atoms.